The van der Waals surface area contributed by atoms with Gasteiger partial charge in [-0.15, -0.1) is 0 Å². The molecule has 0 unspecified atom stereocenters. The van der Waals surface area contributed by atoms with Crippen LogP contribution in [0, 0.1) is 24.0 Å². The molecule has 1 N–H and O–H groups in total. The summed E-state index contributed by atoms with van der Waals surface area (Å²) in [4.78, 5) is 34.4. The number of aryl methyl sites for hydroxylation is 1. The molecule has 0 aliphatic rings. The van der Waals surface area contributed by atoms with Crippen LogP contribution in [0.15, 0.2) is 36.4 Å². The van der Waals surface area contributed by atoms with Gasteiger partial charge in [0.05, 0.1) is 17.6 Å². The lowest BCUT2D eigenvalue weighted by molar-refractivity contribution is -0.385. The number of carbonyl (C=O) groups is 2. The summed E-state index contributed by atoms with van der Waals surface area (Å²) in [6.07, 6.45) is 0. The van der Waals surface area contributed by atoms with Gasteiger partial charge in [-0.1, -0.05) is 6.07 Å². The average molecular weight is 328 g/mol. The first kappa shape index (κ1) is 17.1. The van der Waals surface area contributed by atoms with E-state index < -0.39 is 16.8 Å². The minimum Gasteiger partial charge on any atom is -0.465 e. The number of nitrogens with one attached hydrogen (secondary N) is 1. The van der Waals surface area contributed by atoms with E-state index in [0.29, 0.717) is 27.9 Å². The number of ether oxygens (including phenoxy) is 1. The summed E-state index contributed by atoms with van der Waals surface area (Å²) in [5, 5.41) is 13.5. The van der Waals surface area contributed by atoms with Crippen molar-refractivity contribution in [3.63, 3.8) is 0 Å². The summed E-state index contributed by atoms with van der Waals surface area (Å²) < 4.78 is 4.70. The van der Waals surface area contributed by atoms with Gasteiger partial charge in [-0.25, -0.2) is 4.79 Å². The molecule has 2 aromatic rings. The second-order valence-corrected chi connectivity index (χ2v) is 5.18. The smallest absolute Gasteiger partial charge is 0.338 e. The van der Waals surface area contributed by atoms with Crippen molar-refractivity contribution >= 4 is 23.3 Å². The molecule has 0 aliphatic heterocycles. The Morgan fingerprint density at radius 2 is 1.88 bits per heavy atom. The number of hydrogen-bond donors (Lipinski definition) is 1. The molecule has 0 fully saturated rings. The molecular formula is C17H16N2O5. The lowest BCUT2D eigenvalue weighted by Gasteiger charge is -2.11. The summed E-state index contributed by atoms with van der Waals surface area (Å²) in [6, 6.07) is 9.04. The molecule has 0 aliphatic carbocycles. The average Bonchev–Trinajstić information content (AvgIpc) is 2.55. The van der Waals surface area contributed by atoms with Crippen molar-refractivity contribution in [1.82, 2.24) is 0 Å². The highest BCUT2D eigenvalue weighted by molar-refractivity contribution is 6.05. The van der Waals surface area contributed by atoms with Crippen molar-refractivity contribution in [3.8, 4) is 0 Å². The molecule has 0 saturated carbocycles. The third kappa shape index (κ3) is 3.40. The van der Waals surface area contributed by atoms with E-state index in [-0.39, 0.29) is 5.69 Å². The number of benzene rings is 2. The second kappa shape index (κ2) is 6.91. The van der Waals surface area contributed by atoms with Crippen molar-refractivity contribution in [2.24, 2.45) is 0 Å². The number of esters is 1. The molecule has 24 heavy (non-hydrogen) atoms. The molecule has 0 aromatic heterocycles. The molecule has 0 spiro atoms. The monoisotopic (exact) mass is 328 g/mol. The maximum Gasteiger partial charge on any atom is 0.338 e. The SMILES string of the molecule is COC(=O)c1cccc(NC(=O)c2ccc([N+](=O)[O-])c(C)c2)c1C. The molecule has 0 radical (unpaired) electrons. The Hall–Kier alpha value is -3.22. The molecule has 0 heterocycles. The van der Waals surface area contributed by atoms with Crippen molar-refractivity contribution in [1.29, 1.82) is 0 Å². The Labute approximate surface area is 138 Å². The molecule has 1 amide bonds. The zero-order valence-corrected chi connectivity index (χ0v) is 13.5. The highest BCUT2D eigenvalue weighted by Gasteiger charge is 2.16. The number of nitrogens with zero attached hydrogens (tertiary/aromatic N) is 1. The van der Waals surface area contributed by atoms with Crippen LogP contribution in [0.2, 0.25) is 0 Å². The quantitative estimate of drug-likeness (QED) is 0.527. The fourth-order valence-corrected chi connectivity index (χ4v) is 2.30. The fraction of sp³-hybridized carbons (Fsp3) is 0.176. The van der Waals surface area contributed by atoms with Crippen LogP contribution in [0.5, 0.6) is 0 Å². The van der Waals surface area contributed by atoms with Crippen LogP contribution in [0.4, 0.5) is 11.4 Å². The van der Waals surface area contributed by atoms with Gasteiger partial charge in [0.15, 0.2) is 0 Å². The number of nitro benzene ring substituents is 1. The zero-order valence-electron chi connectivity index (χ0n) is 13.5. The Morgan fingerprint density at radius 1 is 1.17 bits per heavy atom. The van der Waals surface area contributed by atoms with Crippen LogP contribution >= 0.6 is 0 Å². The van der Waals surface area contributed by atoms with Gasteiger partial charge in [-0.05, 0) is 43.7 Å². The number of carbonyl (C=O) groups excluding carboxylic acids is 2. The Kier molecular flexibility index (Phi) is 4.93. The Morgan fingerprint density at radius 3 is 2.46 bits per heavy atom. The highest BCUT2D eigenvalue weighted by Crippen LogP contribution is 2.22. The van der Waals surface area contributed by atoms with Crippen molar-refractivity contribution in [2.75, 3.05) is 12.4 Å². The maximum absolute atomic E-state index is 12.4. The molecule has 2 rings (SSSR count). The number of nitro groups is 1. The summed E-state index contributed by atoms with van der Waals surface area (Å²) in [5.41, 5.74) is 2.05. The number of amides is 1. The molecule has 0 bridgehead atoms. The van der Waals surface area contributed by atoms with Gasteiger partial charge < -0.3 is 10.1 Å². The first-order valence-electron chi connectivity index (χ1n) is 7.09. The molecule has 0 saturated heterocycles. The van der Waals surface area contributed by atoms with Gasteiger partial charge in [-0.2, -0.15) is 0 Å². The molecule has 0 atom stereocenters. The van der Waals surface area contributed by atoms with Crippen LogP contribution in [0.1, 0.15) is 31.8 Å². The predicted molar refractivity (Wildman–Crippen MR) is 88.3 cm³/mol. The third-order valence-electron chi connectivity index (χ3n) is 3.64. The van der Waals surface area contributed by atoms with Crippen LogP contribution in [0.3, 0.4) is 0 Å². The van der Waals surface area contributed by atoms with E-state index in [0.717, 1.165) is 0 Å². The van der Waals surface area contributed by atoms with Crippen molar-refractivity contribution in [3.05, 3.63) is 68.8 Å². The van der Waals surface area contributed by atoms with E-state index in [9.17, 15) is 19.7 Å². The predicted octanol–water partition coefficient (Wildman–Crippen LogP) is 3.25. The zero-order chi connectivity index (χ0) is 17.9. The van der Waals surface area contributed by atoms with Crippen molar-refractivity contribution < 1.29 is 19.2 Å². The fourth-order valence-electron chi connectivity index (χ4n) is 2.30. The first-order valence-corrected chi connectivity index (χ1v) is 7.09. The van der Waals surface area contributed by atoms with Gasteiger partial charge in [-0.3, -0.25) is 14.9 Å². The number of methoxy groups -OCH3 is 1. The van der Waals surface area contributed by atoms with E-state index in [4.69, 9.17) is 4.74 Å². The summed E-state index contributed by atoms with van der Waals surface area (Å²) in [5.74, 6) is -0.909. The highest BCUT2D eigenvalue weighted by atomic mass is 16.6. The van der Waals surface area contributed by atoms with Crippen LogP contribution in [0.25, 0.3) is 0 Å². The molecule has 7 nitrogen and oxygen atoms in total. The standard InChI is InChI=1S/C17H16N2O5/c1-10-9-12(7-8-15(10)19(22)23)16(20)18-14-6-4-5-13(11(14)2)17(21)24-3/h4-9H,1-3H3,(H,18,20). The lowest BCUT2D eigenvalue weighted by atomic mass is 10.1. The van der Waals surface area contributed by atoms with Gasteiger partial charge in [0.25, 0.3) is 11.6 Å². The summed E-state index contributed by atoms with van der Waals surface area (Å²) in [7, 11) is 1.28. The van der Waals surface area contributed by atoms with Gasteiger partial charge in [0.1, 0.15) is 0 Å². The van der Waals surface area contributed by atoms with Gasteiger partial charge >= 0.3 is 5.97 Å². The maximum atomic E-state index is 12.4. The minimum absolute atomic E-state index is 0.0459. The normalized spacial score (nSPS) is 10.1. The Balaban J connectivity index is 2.29. The second-order valence-electron chi connectivity index (χ2n) is 5.18. The lowest BCUT2D eigenvalue weighted by Crippen LogP contribution is -2.14. The van der Waals surface area contributed by atoms with Crippen LogP contribution in [-0.2, 0) is 4.74 Å². The van der Waals surface area contributed by atoms with E-state index in [1.165, 1.54) is 25.3 Å². The van der Waals surface area contributed by atoms with E-state index in [1.54, 1.807) is 32.0 Å². The van der Waals surface area contributed by atoms with E-state index in [1.807, 2.05) is 0 Å². The third-order valence-corrected chi connectivity index (χ3v) is 3.64. The molecular weight excluding hydrogens is 312 g/mol. The van der Waals surface area contributed by atoms with Crippen LogP contribution < -0.4 is 5.32 Å². The van der Waals surface area contributed by atoms with E-state index in [2.05, 4.69) is 5.32 Å². The van der Waals surface area contributed by atoms with Gasteiger partial charge in [0, 0.05) is 22.9 Å². The minimum atomic E-state index is -0.499. The topological polar surface area (TPSA) is 98.5 Å². The first-order chi connectivity index (χ1) is 11.3. The number of rotatable bonds is 4. The molecule has 124 valence electrons. The summed E-state index contributed by atoms with van der Waals surface area (Å²) >= 11 is 0. The summed E-state index contributed by atoms with van der Waals surface area (Å²) in [6.45, 7) is 3.26. The largest absolute Gasteiger partial charge is 0.465 e. The number of anilines is 1. The van der Waals surface area contributed by atoms with E-state index >= 15 is 0 Å². The van der Waals surface area contributed by atoms with Gasteiger partial charge in [0.2, 0.25) is 0 Å². The number of hydrogen-bond acceptors (Lipinski definition) is 5. The van der Waals surface area contributed by atoms with Crippen LogP contribution in [-0.4, -0.2) is 23.9 Å². The molecule has 2 aromatic carbocycles. The Bertz CT molecular complexity index is 830. The van der Waals surface area contributed by atoms with Crippen molar-refractivity contribution in [2.45, 2.75) is 13.8 Å². The molecule has 7 heteroatoms.